The molecule has 0 aliphatic heterocycles. The quantitative estimate of drug-likeness (QED) is 0.717. The lowest BCUT2D eigenvalue weighted by Gasteiger charge is -2.20. The highest BCUT2D eigenvalue weighted by Gasteiger charge is 2.35. The summed E-state index contributed by atoms with van der Waals surface area (Å²) in [6, 6.07) is 0. The first-order valence-corrected chi connectivity index (χ1v) is 4.48. The highest BCUT2D eigenvalue weighted by Crippen LogP contribution is 2.21. The van der Waals surface area contributed by atoms with Crippen LogP contribution in [-0.2, 0) is 9.59 Å². The van der Waals surface area contributed by atoms with Gasteiger partial charge in [0, 0.05) is 13.0 Å². The van der Waals surface area contributed by atoms with Gasteiger partial charge in [-0.15, -0.1) is 0 Å². The van der Waals surface area contributed by atoms with Crippen molar-refractivity contribution in [2.75, 3.05) is 6.54 Å². The van der Waals surface area contributed by atoms with Crippen LogP contribution in [0.25, 0.3) is 0 Å². The third-order valence-electron chi connectivity index (χ3n) is 1.94. The van der Waals surface area contributed by atoms with Gasteiger partial charge in [0.25, 0.3) is 5.91 Å². The summed E-state index contributed by atoms with van der Waals surface area (Å²) in [5.41, 5.74) is -2.09. The molecule has 15 heavy (non-hydrogen) atoms. The van der Waals surface area contributed by atoms with Crippen molar-refractivity contribution in [1.82, 2.24) is 5.32 Å². The lowest BCUT2D eigenvalue weighted by molar-refractivity contribution is -0.137. The number of nitrogens with one attached hydrogen (secondary N) is 1. The Kier molecular flexibility index (Phi) is 3.60. The number of allylic oxidation sites excluding steroid dienone is 3. The van der Waals surface area contributed by atoms with Crippen molar-refractivity contribution >= 4 is 11.9 Å². The fraction of sp³-hybridized carbons (Fsp3) is 0.400. The molecule has 0 saturated carbocycles. The minimum atomic E-state index is -2.09. The molecule has 2 N–H and O–H groups in total. The van der Waals surface area contributed by atoms with Crippen LogP contribution in [0, 0.1) is 6.08 Å². The molecule has 1 aliphatic carbocycles. The molecule has 0 saturated heterocycles. The van der Waals surface area contributed by atoms with Crippen molar-refractivity contribution in [3.63, 3.8) is 0 Å². The molecule has 1 amide bonds. The molecular formula is C10H11FNO3. The predicted octanol–water partition coefficient (Wildman–Crippen LogP) is 0.605. The van der Waals surface area contributed by atoms with E-state index in [4.69, 9.17) is 5.11 Å². The Morgan fingerprint density at radius 2 is 2.33 bits per heavy atom. The number of carboxylic acid groups (broad SMARTS) is 1. The Bertz CT molecular complexity index is 325. The maximum absolute atomic E-state index is 13.8. The monoisotopic (exact) mass is 212 g/mol. The van der Waals surface area contributed by atoms with Gasteiger partial charge in [0.1, 0.15) is 0 Å². The number of alkyl halides is 1. The van der Waals surface area contributed by atoms with E-state index >= 15 is 0 Å². The maximum atomic E-state index is 13.8. The molecule has 0 bridgehead atoms. The molecule has 1 radical (unpaired) electrons. The molecule has 0 fully saturated rings. The Labute approximate surface area is 86.5 Å². The number of amides is 1. The zero-order chi connectivity index (χ0) is 11.3. The van der Waals surface area contributed by atoms with Crippen LogP contribution in [0.5, 0.6) is 0 Å². The van der Waals surface area contributed by atoms with E-state index in [2.05, 4.69) is 11.4 Å². The minimum absolute atomic E-state index is 0.0720. The number of rotatable bonds is 4. The number of hydrogen-bond acceptors (Lipinski definition) is 2. The summed E-state index contributed by atoms with van der Waals surface area (Å²) in [6.45, 7) is -0.0720. The Balaban J connectivity index is 2.43. The van der Waals surface area contributed by atoms with E-state index in [1.54, 1.807) is 0 Å². The normalized spacial score (nSPS) is 23.8. The number of aliphatic carboxylic acids is 1. The van der Waals surface area contributed by atoms with Crippen LogP contribution in [0.2, 0.25) is 0 Å². The summed E-state index contributed by atoms with van der Waals surface area (Å²) in [5.74, 6) is -1.85. The second-order valence-electron chi connectivity index (χ2n) is 3.17. The Morgan fingerprint density at radius 1 is 1.60 bits per heavy atom. The fourth-order valence-corrected chi connectivity index (χ4v) is 1.12. The zero-order valence-electron chi connectivity index (χ0n) is 8.00. The average molecular weight is 212 g/mol. The van der Waals surface area contributed by atoms with Crippen molar-refractivity contribution in [1.29, 1.82) is 0 Å². The molecule has 81 valence electrons. The van der Waals surface area contributed by atoms with Gasteiger partial charge in [-0.25, -0.2) is 4.39 Å². The van der Waals surface area contributed by atoms with Crippen LogP contribution >= 0.6 is 0 Å². The van der Waals surface area contributed by atoms with E-state index in [0.717, 1.165) is 6.08 Å². The van der Waals surface area contributed by atoms with Gasteiger partial charge in [0.05, 0.1) is 6.42 Å². The van der Waals surface area contributed by atoms with Crippen LogP contribution in [-0.4, -0.2) is 29.2 Å². The molecule has 1 atom stereocenters. The summed E-state index contributed by atoms with van der Waals surface area (Å²) in [4.78, 5) is 21.5. The first-order chi connectivity index (χ1) is 7.04. The first-order valence-electron chi connectivity index (χ1n) is 4.48. The van der Waals surface area contributed by atoms with Crippen molar-refractivity contribution in [2.45, 2.75) is 18.5 Å². The van der Waals surface area contributed by atoms with Crippen LogP contribution in [0.15, 0.2) is 18.2 Å². The molecule has 1 unspecified atom stereocenters. The fourth-order valence-electron chi connectivity index (χ4n) is 1.12. The molecule has 0 aromatic carbocycles. The maximum Gasteiger partial charge on any atom is 0.305 e. The van der Waals surface area contributed by atoms with Crippen molar-refractivity contribution in [3.8, 4) is 0 Å². The van der Waals surface area contributed by atoms with Crippen LogP contribution in [0.1, 0.15) is 12.8 Å². The van der Waals surface area contributed by atoms with Gasteiger partial charge in [-0.2, -0.15) is 0 Å². The third-order valence-corrected chi connectivity index (χ3v) is 1.94. The van der Waals surface area contributed by atoms with Crippen molar-refractivity contribution < 1.29 is 19.1 Å². The van der Waals surface area contributed by atoms with E-state index in [0.29, 0.717) is 0 Å². The highest BCUT2D eigenvalue weighted by molar-refractivity contribution is 5.88. The second kappa shape index (κ2) is 4.72. The van der Waals surface area contributed by atoms with Crippen LogP contribution in [0.4, 0.5) is 4.39 Å². The summed E-state index contributed by atoms with van der Waals surface area (Å²) in [7, 11) is 0. The lowest BCUT2D eigenvalue weighted by atomic mass is 9.96. The Hall–Kier alpha value is -1.65. The minimum Gasteiger partial charge on any atom is -0.481 e. The average Bonchev–Trinajstić information content (AvgIpc) is 2.18. The predicted molar refractivity (Wildman–Crippen MR) is 50.7 cm³/mol. The number of halogens is 1. The topological polar surface area (TPSA) is 66.4 Å². The van der Waals surface area contributed by atoms with Crippen molar-refractivity contribution in [3.05, 3.63) is 24.3 Å². The number of carboxylic acids is 1. The van der Waals surface area contributed by atoms with Gasteiger partial charge in [-0.3, -0.25) is 9.59 Å². The highest BCUT2D eigenvalue weighted by atomic mass is 19.1. The van der Waals surface area contributed by atoms with E-state index < -0.39 is 17.5 Å². The number of carbonyl (C=O) groups excluding carboxylic acids is 1. The SMILES string of the molecule is O=C(O)CCNC(=O)C1(F)C=CC=[C]C1. The van der Waals surface area contributed by atoms with Gasteiger partial charge < -0.3 is 10.4 Å². The zero-order valence-corrected chi connectivity index (χ0v) is 8.00. The van der Waals surface area contributed by atoms with Gasteiger partial charge in [-0.05, 0) is 12.2 Å². The van der Waals surface area contributed by atoms with Gasteiger partial charge in [0.15, 0.2) is 0 Å². The summed E-state index contributed by atoms with van der Waals surface area (Å²) < 4.78 is 13.8. The molecule has 1 rings (SSSR count). The van der Waals surface area contributed by atoms with E-state index in [1.807, 2.05) is 0 Å². The lowest BCUT2D eigenvalue weighted by Crippen LogP contribution is -2.43. The van der Waals surface area contributed by atoms with Gasteiger partial charge >= 0.3 is 5.97 Å². The largest absolute Gasteiger partial charge is 0.481 e. The molecule has 0 heterocycles. The molecule has 4 nitrogen and oxygen atoms in total. The molecule has 0 spiro atoms. The van der Waals surface area contributed by atoms with Gasteiger partial charge in [0.2, 0.25) is 5.67 Å². The van der Waals surface area contributed by atoms with Crippen LogP contribution < -0.4 is 5.32 Å². The third kappa shape index (κ3) is 3.19. The van der Waals surface area contributed by atoms with E-state index in [-0.39, 0.29) is 19.4 Å². The number of hydrogen-bond donors (Lipinski definition) is 2. The Morgan fingerprint density at radius 3 is 2.87 bits per heavy atom. The molecular weight excluding hydrogens is 201 g/mol. The standard InChI is InChI=1S/C10H11FNO3/c11-10(5-2-1-3-6-10)9(15)12-7-4-8(13)14/h1-2,5H,4,6-7H2,(H,12,15)(H,13,14). The van der Waals surface area contributed by atoms with E-state index in [9.17, 15) is 14.0 Å². The van der Waals surface area contributed by atoms with Gasteiger partial charge in [-0.1, -0.05) is 12.2 Å². The molecule has 0 aromatic rings. The van der Waals surface area contributed by atoms with Crippen molar-refractivity contribution in [2.24, 2.45) is 0 Å². The second-order valence-corrected chi connectivity index (χ2v) is 3.17. The summed E-state index contributed by atoms with van der Waals surface area (Å²) in [6.07, 6.45) is 6.31. The summed E-state index contributed by atoms with van der Waals surface area (Å²) >= 11 is 0. The number of carbonyl (C=O) groups is 2. The first kappa shape index (κ1) is 11.4. The summed E-state index contributed by atoms with van der Waals surface area (Å²) in [5, 5.41) is 10.5. The van der Waals surface area contributed by atoms with E-state index in [1.165, 1.54) is 12.2 Å². The molecule has 1 aliphatic rings. The molecule has 0 aromatic heterocycles. The smallest absolute Gasteiger partial charge is 0.305 e. The molecule has 5 heteroatoms. The van der Waals surface area contributed by atoms with Crippen LogP contribution in [0.3, 0.4) is 0 Å².